The van der Waals surface area contributed by atoms with Crippen LogP contribution < -0.4 is 4.74 Å². The van der Waals surface area contributed by atoms with Gasteiger partial charge >= 0.3 is 0 Å². The monoisotopic (exact) mass is 288 g/mol. The molecule has 6 heteroatoms. The van der Waals surface area contributed by atoms with Gasteiger partial charge in [0.05, 0.1) is 13.2 Å². The fraction of sp³-hybridized carbons (Fsp3) is 0.400. The summed E-state index contributed by atoms with van der Waals surface area (Å²) in [5.41, 5.74) is 1.16. The molecule has 0 aliphatic carbocycles. The number of carbonyl (C=O) groups is 1. The van der Waals surface area contributed by atoms with E-state index in [0.29, 0.717) is 31.8 Å². The van der Waals surface area contributed by atoms with Crippen molar-refractivity contribution in [1.82, 2.24) is 20.1 Å². The first kappa shape index (κ1) is 15.0. The zero-order valence-electron chi connectivity index (χ0n) is 12.4. The van der Waals surface area contributed by atoms with Crippen LogP contribution in [-0.4, -0.2) is 39.6 Å². The van der Waals surface area contributed by atoms with E-state index in [1.807, 2.05) is 31.2 Å². The number of hydrogen-bond acceptors (Lipinski definition) is 4. The number of H-pyrrole nitrogens is 1. The van der Waals surface area contributed by atoms with Gasteiger partial charge in [-0.2, -0.15) is 5.10 Å². The third-order valence-corrected chi connectivity index (χ3v) is 3.07. The van der Waals surface area contributed by atoms with Gasteiger partial charge in [-0.1, -0.05) is 12.1 Å². The molecule has 0 fully saturated rings. The number of benzene rings is 1. The molecule has 0 aliphatic rings. The normalized spacial score (nSPS) is 10.4. The molecular weight excluding hydrogens is 268 g/mol. The predicted octanol–water partition coefficient (Wildman–Crippen LogP) is 1.93. The fourth-order valence-corrected chi connectivity index (χ4v) is 1.93. The van der Waals surface area contributed by atoms with E-state index in [9.17, 15) is 4.79 Å². The summed E-state index contributed by atoms with van der Waals surface area (Å²) >= 11 is 0. The van der Waals surface area contributed by atoms with E-state index >= 15 is 0 Å². The van der Waals surface area contributed by atoms with Gasteiger partial charge in [-0.3, -0.25) is 9.89 Å². The van der Waals surface area contributed by atoms with Gasteiger partial charge in [0, 0.05) is 13.5 Å². The predicted molar refractivity (Wildman–Crippen MR) is 78.8 cm³/mol. The lowest BCUT2D eigenvalue weighted by Gasteiger charge is -2.15. The Labute approximate surface area is 124 Å². The number of ether oxygens (including phenoxy) is 1. The summed E-state index contributed by atoms with van der Waals surface area (Å²) < 4.78 is 5.62. The largest absolute Gasteiger partial charge is 0.494 e. The van der Waals surface area contributed by atoms with Crippen LogP contribution in [-0.2, 0) is 11.3 Å². The summed E-state index contributed by atoms with van der Waals surface area (Å²) in [7, 11) is 1.76. The smallest absolute Gasteiger partial charge is 0.222 e. The highest BCUT2D eigenvalue weighted by molar-refractivity contribution is 5.75. The number of carbonyl (C=O) groups excluding carboxylic acids is 1. The van der Waals surface area contributed by atoms with Crippen LogP contribution in [0.2, 0.25) is 0 Å². The van der Waals surface area contributed by atoms with Gasteiger partial charge in [0.2, 0.25) is 5.91 Å². The molecule has 0 atom stereocenters. The first-order valence-electron chi connectivity index (χ1n) is 6.93. The quantitative estimate of drug-likeness (QED) is 0.790. The summed E-state index contributed by atoms with van der Waals surface area (Å²) in [4.78, 5) is 17.6. The number of amides is 1. The summed E-state index contributed by atoms with van der Waals surface area (Å²) in [5, 5.41) is 6.49. The van der Waals surface area contributed by atoms with Gasteiger partial charge in [-0.25, -0.2) is 4.98 Å². The lowest BCUT2D eigenvalue weighted by atomic mass is 10.2. The highest BCUT2D eigenvalue weighted by Gasteiger charge is 2.10. The van der Waals surface area contributed by atoms with Crippen molar-refractivity contribution in [3.63, 3.8) is 0 Å². The molecule has 112 valence electrons. The zero-order chi connectivity index (χ0) is 15.1. The molecule has 1 N–H and O–H groups in total. The minimum Gasteiger partial charge on any atom is -0.494 e. The molecule has 2 aromatic rings. The molecule has 1 aromatic carbocycles. The van der Waals surface area contributed by atoms with Crippen LogP contribution in [0.15, 0.2) is 30.6 Å². The minimum atomic E-state index is 0.0687. The Hall–Kier alpha value is -2.37. The number of rotatable bonds is 7. The number of nitrogens with one attached hydrogen (secondary N) is 1. The van der Waals surface area contributed by atoms with Crippen LogP contribution in [0.1, 0.15) is 24.2 Å². The molecule has 0 spiro atoms. The molecule has 6 nitrogen and oxygen atoms in total. The molecule has 1 aromatic heterocycles. The second kappa shape index (κ2) is 7.42. The van der Waals surface area contributed by atoms with E-state index < -0.39 is 0 Å². The van der Waals surface area contributed by atoms with Crippen molar-refractivity contribution in [2.75, 3.05) is 13.7 Å². The second-order valence-corrected chi connectivity index (χ2v) is 4.95. The Bertz CT molecular complexity index is 569. The van der Waals surface area contributed by atoms with Crippen LogP contribution in [0, 0.1) is 6.92 Å². The summed E-state index contributed by atoms with van der Waals surface area (Å²) in [6.07, 6.45) is 2.58. The van der Waals surface area contributed by atoms with Crippen LogP contribution in [0.3, 0.4) is 0 Å². The molecule has 1 heterocycles. The molecule has 0 saturated heterocycles. The van der Waals surface area contributed by atoms with Crippen molar-refractivity contribution in [3.05, 3.63) is 42.0 Å². The summed E-state index contributed by atoms with van der Waals surface area (Å²) in [5.74, 6) is 1.60. The van der Waals surface area contributed by atoms with Crippen molar-refractivity contribution >= 4 is 5.91 Å². The van der Waals surface area contributed by atoms with Crippen LogP contribution in [0.25, 0.3) is 0 Å². The van der Waals surface area contributed by atoms with Crippen molar-refractivity contribution in [3.8, 4) is 5.75 Å². The standard InChI is InChI=1S/C15H20N4O2/c1-12-5-3-6-13(9-12)21-8-4-7-15(20)19(2)10-14-16-11-17-18-14/h3,5-6,9,11H,4,7-8,10H2,1-2H3,(H,16,17,18). The number of aryl methyl sites for hydroxylation is 1. The van der Waals surface area contributed by atoms with Gasteiger partial charge in [0.1, 0.15) is 17.9 Å². The third-order valence-electron chi connectivity index (χ3n) is 3.07. The number of hydrogen-bond donors (Lipinski definition) is 1. The molecule has 0 unspecified atom stereocenters. The van der Waals surface area contributed by atoms with Crippen molar-refractivity contribution in [2.24, 2.45) is 0 Å². The Morgan fingerprint density at radius 2 is 2.29 bits per heavy atom. The van der Waals surface area contributed by atoms with Crippen molar-refractivity contribution in [2.45, 2.75) is 26.3 Å². The van der Waals surface area contributed by atoms with Gasteiger partial charge in [-0.05, 0) is 31.0 Å². The van der Waals surface area contributed by atoms with Crippen molar-refractivity contribution in [1.29, 1.82) is 0 Å². The maximum absolute atomic E-state index is 11.9. The average Bonchev–Trinajstić information content (AvgIpc) is 2.96. The van der Waals surface area contributed by atoms with E-state index in [1.165, 1.54) is 6.33 Å². The fourth-order valence-electron chi connectivity index (χ4n) is 1.93. The van der Waals surface area contributed by atoms with E-state index in [0.717, 1.165) is 11.3 Å². The average molecular weight is 288 g/mol. The minimum absolute atomic E-state index is 0.0687. The molecule has 2 rings (SSSR count). The summed E-state index contributed by atoms with van der Waals surface area (Å²) in [6, 6.07) is 7.89. The maximum atomic E-state index is 11.9. The van der Waals surface area contributed by atoms with Crippen LogP contribution >= 0.6 is 0 Å². The number of nitrogens with zero attached hydrogens (tertiary/aromatic N) is 3. The van der Waals surface area contributed by atoms with Gasteiger partial charge in [0.25, 0.3) is 0 Å². The molecule has 0 radical (unpaired) electrons. The number of aromatic amines is 1. The Morgan fingerprint density at radius 1 is 1.43 bits per heavy atom. The molecular formula is C15H20N4O2. The molecule has 1 amide bonds. The van der Waals surface area contributed by atoms with E-state index in [2.05, 4.69) is 15.2 Å². The first-order chi connectivity index (χ1) is 10.1. The van der Waals surface area contributed by atoms with Gasteiger partial charge in [-0.15, -0.1) is 0 Å². The zero-order valence-corrected chi connectivity index (χ0v) is 12.4. The van der Waals surface area contributed by atoms with Gasteiger partial charge < -0.3 is 9.64 Å². The summed E-state index contributed by atoms with van der Waals surface area (Å²) in [6.45, 7) is 3.00. The van der Waals surface area contributed by atoms with E-state index in [-0.39, 0.29) is 5.91 Å². The topological polar surface area (TPSA) is 71.1 Å². The van der Waals surface area contributed by atoms with Crippen LogP contribution in [0.4, 0.5) is 0 Å². The van der Waals surface area contributed by atoms with E-state index in [4.69, 9.17) is 4.74 Å². The highest BCUT2D eigenvalue weighted by atomic mass is 16.5. The molecule has 0 aliphatic heterocycles. The SMILES string of the molecule is Cc1cccc(OCCCC(=O)N(C)Cc2ncn[nH]2)c1. The molecule has 0 saturated carbocycles. The Kier molecular flexibility index (Phi) is 5.31. The first-order valence-corrected chi connectivity index (χ1v) is 6.93. The molecule has 0 bridgehead atoms. The lowest BCUT2D eigenvalue weighted by Crippen LogP contribution is -2.26. The molecule has 21 heavy (non-hydrogen) atoms. The maximum Gasteiger partial charge on any atom is 0.222 e. The van der Waals surface area contributed by atoms with Crippen LogP contribution in [0.5, 0.6) is 5.75 Å². The lowest BCUT2D eigenvalue weighted by molar-refractivity contribution is -0.130. The second-order valence-electron chi connectivity index (χ2n) is 4.95. The third kappa shape index (κ3) is 4.91. The van der Waals surface area contributed by atoms with Gasteiger partial charge in [0.15, 0.2) is 0 Å². The van der Waals surface area contributed by atoms with Crippen molar-refractivity contribution < 1.29 is 9.53 Å². The number of aromatic nitrogens is 3. The Balaban J connectivity index is 1.67. The van der Waals surface area contributed by atoms with E-state index in [1.54, 1.807) is 11.9 Å². The highest BCUT2D eigenvalue weighted by Crippen LogP contribution is 2.12. The Morgan fingerprint density at radius 3 is 3.00 bits per heavy atom.